The first-order chi connectivity index (χ1) is 12.4. The Morgan fingerprint density at radius 2 is 2.04 bits per heavy atom. The number of rotatable bonds is 8. The summed E-state index contributed by atoms with van der Waals surface area (Å²) in [6.45, 7) is 10.1. The van der Waals surface area contributed by atoms with Crippen LogP contribution < -0.4 is 4.74 Å². The van der Waals surface area contributed by atoms with E-state index < -0.39 is 0 Å². The number of hydrogen-bond donors (Lipinski definition) is 1. The second-order valence-corrected chi connectivity index (χ2v) is 7.43. The quantitative estimate of drug-likeness (QED) is 0.763. The van der Waals surface area contributed by atoms with E-state index >= 15 is 0 Å². The molecule has 1 N–H and O–H groups in total. The van der Waals surface area contributed by atoms with Crippen molar-refractivity contribution in [2.75, 3.05) is 46.4 Å². The van der Waals surface area contributed by atoms with Crippen LogP contribution in [0.25, 0.3) is 0 Å². The summed E-state index contributed by atoms with van der Waals surface area (Å²) in [4.78, 5) is 17.1. The minimum absolute atomic E-state index is 0.0117. The minimum Gasteiger partial charge on any atom is -0.497 e. The van der Waals surface area contributed by atoms with Crippen molar-refractivity contribution >= 4 is 5.91 Å². The van der Waals surface area contributed by atoms with Crippen LogP contribution in [0.3, 0.4) is 0 Å². The Morgan fingerprint density at radius 3 is 2.62 bits per heavy atom. The van der Waals surface area contributed by atoms with Crippen LogP contribution in [0.4, 0.5) is 0 Å². The molecule has 1 fully saturated rings. The summed E-state index contributed by atoms with van der Waals surface area (Å²) < 4.78 is 11.1. The fourth-order valence-electron chi connectivity index (χ4n) is 3.27. The Hall–Kier alpha value is -1.63. The van der Waals surface area contributed by atoms with Crippen LogP contribution in [0.1, 0.15) is 31.1 Å². The van der Waals surface area contributed by atoms with Gasteiger partial charge in [-0.1, -0.05) is 13.8 Å². The summed E-state index contributed by atoms with van der Waals surface area (Å²) in [5.74, 6) is 1.12. The standard InChI is InChI=1S/C20H32N2O4/c1-15(2)11-22(20(24)17-5-7-18(25-4)8-6-17)14-19-13-21(9-10-26-19)12-16(3)23/h5-8,15-16,19,23H,9-14H2,1-4H3/t16-,19+/m0/s1. The summed E-state index contributed by atoms with van der Waals surface area (Å²) in [5.41, 5.74) is 0.656. The Labute approximate surface area is 156 Å². The van der Waals surface area contributed by atoms with Crippen molar-refractivity contribution in [2.45, 2.75) is 33.0 Å². The summed E-state index contributed by atoms with van der Waals surface area (Å²) in [6.07, 6.45) is -0.398. The first kappa shape index (κ1) is 20.7. The Kier molecular flexibility index (Phi) is 7.87. The zero-order valence-electron chi connectivity index (χ0n) is 16.4. The molecule has 1 heterocycles. The number of aliphatic hydroxyl groups excluding tert-OH is 1. The Bertz CT molecular complexity index is 559. The molecule has 2 rings (SSSR count). The number of aliphatic hydroxyl groups is 1. The van der Waals surface area contributed by atoms with Crippen LogP contribution in [0.5, 0.6) is 5.75 Å². The van der Waals surface area contributed by atoms with Crippen LogP contribution >= 0.6 is 0 Å². The molecule has 1 amide bonds. The predicted molar refractivity (Wildman–Crippen MR) is 102 cm³/mol. The van der Waals surface area contributed by atoms with E-state index in [2.05, 4.69) is 18.7 Å². The molecule has 0 aliphatic carbocycles. The van der Waals surface area contributed by atoms with Gasteiger partial charge in [-0.2, -0.15) is 0 Å². The van der Waals surface area contributed by atoms with Gasteiger partial charge in [0.15, 0.2) is 0 Å². The third kappa shape index (κ3) is 6.27. The van der Waals surface area contributed by atoms with Crippen molar-refractivity contribution in [3.63, 3.8) is 0 Å². The van der Waals surface area contributed by atoms with Gasteiger partial charge < -0.3 is 19.5 Å². The van der Waals surface area contributed by atoms with Gasteiger partial charge >= 0.3 is 0 Å². The number of amides is 1. The number of hydrogen-bond acceptors (Lipinski definition) is 5. The van der Waals surface area contributed by atoms with Gasteiger partial charge in [-0.05, 0) is 37.1 Å². The molecular formula is C20H32N2O4. The molecule has 6 heteroatoms. The first-order valence-corrected chi connectivity index (χ1v) is 9.34. The van der Waals surface area contributed by atoms with E-state index in [-0.39, 0.29) is 18.1 Å². The van der Waals surface area contributed by atoms with Gasteiger partial charge in [0.25, 0.3) is 5.91 Å². The highest BCUT2D eigenvalue weighted by molar-refractivity contribution is 5.94. The average molecular weight is 364 g/mol. The van der Waals surface area contributed by atoms with Gasteiger partial charge in [0, 0.05) is 38.3 Å². The van der Waals surface area contributed by atoms with Crippen LogP contribution in [0.2, 0.25) is 0 Å². The smallest absolute Gasteiger partial charge is 0.253 e. The molecule has 1 aromatic rings. The second kappa shape index (κ2) is 9.90. The highest BCUT2D eigenvalue weighted by Gasteiger charge is 2.26. The summed E-state index contributed by atoms with van der Waals surface area (Å²) in [6, 6.07) is 7.22. The number of β-amino-alcohol motifs (C(OH)–C–C–N with tert-alkyl or cyclic N) is 1. The van der Waals surface area contributed by atoms with E-state index in [1.165, 1.54) is 0 Å². The molecule has 0 aromatic heterocycles. The van der Waals surface area contributed by atoms with E-state index in [1.54, 1.807) is 26.2 Å². The largest absolute Gasteiger partial charge is 0.497 e. The number of morpholine rings is 1. The van der Waals surface area contributed by atoms with Crippen LogP contribution in [0, 0.1) is 5.92 Å². The Balaban J connectivity index is 2.04. The zero-order valence-corrected chi connectivity index (χ0v) is 16.4. The zero-order chi connectivity index (χ0) is 19.1. The first-order valence-electron chi connectivity index (χ1n) is 9.34. The van der Waals surface area contributed by atoms with Crippen molar-refractivity contribution in [1.82, 2.24) is 9.80 Å². The van der Waals surface area contributed by atoms with Crippen LogP contribution in [-0.2, 0) is 4.74 Å². The molecule has 1 saturated heterocycles. The predicted octanol–water partition coefficient (Wildman–Crippen LogP) is 1.87. The van der Waals surface area contributed by atoms with Crippen molar-refractivity contribution in [2.24, 2.45) is 5.92 Å². The molecule has 1 aliphatic heterocycles. The van der Waals surface area contributed by atoms with Gasteiger partial charge in [-0.15, -0.1) is 0 Å². The van der Waals surface area contributed by atoms with E-state index in [0.717, 1.165) is 18.8 Å². The van der Waals surface area contributed by atoms with Gasteiger partial charge in [0.05, 0.1) is 25.9 Å². The molecule has 26 heavy (non-hydrogen) atoms. The fraction of sp³-hybridized carbons (Fsp3) is 0.650. The van der Waals surface area contributed by atoms with Crippen molar-refractivity contribution < 1.29 is 19.4 Å². The number of carbonyl (C=O) groups is 1. The van der Waals surface area contributed by atoms with Gasteiger partial charge in [0.2, 0.25) is 0 Å². The molecule has 0 radical (unpaired) electrons. The normalized spacial score (nSPS) is 19.4. The molecule has 0 saturated carbocycles. The lowest BCUT2D eigenvalue weighted by atomic mass is 10.1. The van der Waals surface area contributed by atoms with E-state index in [1.807, 2.05) is 17.0 Å². The maximum Gasteiger partial charge on any atom is 0.253 e. The SMILES string of the molecule is COc1ccc(C(=O)N(CC(C)C)C[C@H]2CN(C[C@H](C)O)CCO2)cc1. The van der Waals surface area contributed by atoms with E-state index in [4.69, 9.17) is 9.47 Å². The third-order valence-electron chi connectivity index (χ3n) is 4.38. The highest BCUT2D eigenvalue weighted by Crippen LogP contribution is 2.16. The molecule has 146 valence electrons. The van der Waals surface area contributed by atoms with E-state index in [0.29, 0.717) is 37.7 Å². The number of ether oxygens (including phenoxy) is 2. The molecule has 0 bridgehead atoms. The minimum atomic E-state index is -0.360. The lowest BCUT2D eigenvalue weighted by Gasteiger charge is -2.36. The maximum absolute atomic E-state index is 13.0. The van der Waals surface area contributed by atoms with Crippen LogP contribution in [-0.4, -0.2) is 79.5 Å². The summed E-state index contributed by atoms with van der Waals surface area (Å²) >= 11 is 0. The molecular weight excluding hydrogens is 332 g/mol. The van der Waals surface area contributed by atoms with Crippen molar-refractivity contribution in [3.05, 3.63) is 29.8 Å². The highest BCUT2D eigenvalue weighted by atomic mass is 16.5. The lowest BCUT2D eigenvalue weighted by Crippen LogP contribution is -2.50. The molecule has 0 spiro atoms. The van der Waals surface area contributed by atoms with Crippen molar-refractivity contribution in [1.29, 1.82) is 0 Å². The summed E-state index contributed by atoms with van der Waals surface area (Å²) in [5, 5.41) is 9.61. The molecule has 0 unspecified atom stereocenters. The van der Waals surface area contributed by atoms with Gasteiger partial charge in [0.1, 0.15) is 5.75 Å². The number of nitrogens with zero attached hydrogens (tertiary/aromatic N) is 2. The maximum atomic E-state index is 13.0. The van der Waals surface area contributed by atoms with Gasteiger partial charge in [-0.3, -0.25) is 9.69 Å². The monoisotopic (exact) mass is 364 g/mol. The number of methoxy groups -OCH3 is 1. The molecule has 1 aliphatic rings. The second-order valence-electron chi connectivity index (χ2n) is 7.43. The fourth-order valence-corrected chi connectivity index (χ4v) is 3.27. The topological polar surface area (TPSA) is 62.2 Å². The molecule has 6 nitrogen and oxygen atoms in total. The van der Waals surface area contributed by atoms with Crippen molar-refractivity contribution in [3.8, 4) is 5.75 Å². The molecule has 2 atom stereocenters. The molecule has 1 aromatic carbocycles. The third-order valence-corrected chi connectivity index (χ3v) is 4.38. The lowest BCUT2D eigenvalue weighted by molar-refractivity contribution is -0.0498. The number of benzene rings is 1. The van der Waals surface area contributed by atoms with Crippen LogP contribution in [0.15, 0.2) is 24.3 Å². The van der Waals surface area contributed by atoms with E-state index in [9.17, 15) is 9.90 Å². The van der Waals surface area contributed by atoms with Gasteiger partial charge in [-0.25, -0.2) is 0 Å². The summed E-state index contributed by atoms with van der Waals surface area (Å²) in [7, 11) is 1.61. The Morgan fingerprint density at radius 1 is 1.35 bits per heavy atom. The number of carbonyl (C=O) groups excluding carboxylic acids is 1. The average Bonchev–Trinajstić information content (AvgIpc) is 2.60.